The lowest BCUT2D eigenvalue weighted by Gasteiger charge is -2.31. The largest absolute Gasteiger partial charge is 0.494 e. The van der Waals surface area contributed by atoms with E-state index in [0.29, 0.717) is 19.1 Å². The van der Waals surface area contributed by atoms with Crippen molar-refractivity contribution < 1.29 is 9.53 Å². The van der Waals surface area contributed by atoms with Crippen molar-refractivity contribution in [1.29, 1.82) is 0 Å². The molecule has 1 amide bonds. The highest BCUT2D eigenvalue weighted by Gasteiger charge is 2.21. The first-order valence-electron chi connectivity index (χ1n) is 8.25. The molecule has 122 valence electrons. The second kappa shape index (κ2) is 8.18. The molecule has 1 fully saturated rings. The Labute approximate surface area is 133 Å². The Bertz CT molecular complexity index is 494. The monoisotopic (exact) mass is 304 g/mol. The SMILES string of the molecule is CNC1CCN(C(=O)CCCOc2ccc(C)c(C)c2)CC1. The summed E-state index contributed by atoms with van der Waals surface area (Å²) in [6, 6.07) is 6.69. The molecule has 1 aliphatic heterocycles. The van der Waals surface area contributed by atoms with Crippen molar-refractivity contribution >= 4 is 5.91 Å². The third kappa shape index (κ3) is 4.73. The molecule has 1 aromatic carbocycles. The van der Waals surface area contributed by atoms with Crippen molar-refractivity contribution in [2.24, 2.45) is 0 Å². The van der Waals surface area contributed by atoms with E-state index in [-0.39, 0.29) is 5.91 Å². The molecular formula is C18H28N2O2. The molecular weight excluding hydrogens is 276 g/mol. The maximum Gasteiger partial charge on any atom is 0.222 e. The Kier molecular flexibility index (Phi) is 6.25. The van der Waals surface area contributed by atoms with Crippen molar-refractivity contribution in [2.45, 2.75) is 45.6 Å². The Morgan fingerprint density at radius 1 is 1.27 bits per heavy atom. The van der Waals surface area contributed by atoms with Crippen LogP contribution in [-0.2, 0) is 4.79 Å². The van der Waals surface area contributed by atoms with Gasteiger partial charge >= 0.3 is 0 Å². The van der Waals surface area contributed by atoms with E-state index in [0.717, 1.165) is 38.1 Å². The van der Waals surface area contributed by atoms with Crippen LogP contribution in [0.5, 0.6) is 5.75 Å². The van der Waals surface area contributed by atoms with Gasteiger partial charge in [0.1, 0.15) is 5.75 Å². The topological polar surface area (TPSA) is 41.6 Å². The van der Waals surface area contributed by atoms with Crippen molar-refractivity contribution in [3.63, 3.8) is 0 Å². The number of nitrogens with zero attached hydrogens (tertiary/aromatic N) is 1. The molecule has 22 heavy (non-hydrogen) atoms. The number of piperidine rings is 1. The van der Waals surface area contributed by atoms with Crippen LogP contribution in [0.1, 0.15) is 36.8 Å². The highest BCUT2D eigenvalue weighted by atomic mass is 16.5. The van der Waals surface area contributed by atoms with E-state index in [4.69, 9.17) is 4.74 Å². The lowest BCUT2D eigenvalue weighted by atomic mass is 10.0. The van der Waals surface area contributed by atoms with Gasteiger partial charge in [-0.3, -0.25) is 4.79 Å². The summed E-state index contributed by atoms with van der Waals surface area (Å²) in [5.41, 5.74) is 2.51. The summed E-state index contributed by atoms with van der Waals surface area (Å²) in [6.45, 7) is 6.53. The summed E-state index contributed by atoms with van der Waals surface area (Å²) in [4.78, 5) is 14.1. The molecule has 1 heterocycles. The predicted octanol–water partition coefficient (Wildman–Crippen LogP) is 2.67. The van der Waals surface area contributed by atoms with Gasteiger partial charge in [0.05, 0.1) is 6.61 Å². The van der Waals surface area contributed by atoms with Crippen LogP contribution >= 0.6 is 0 Å². The number of ether oxygens (including phenoxy) is 1. The molecule has 0 bridgehead atoms. The van der Waals surface area contributed by atoms with E-state index in [1.54, 1.807) is 0 Å². The summed E-state index contributed by atoms with van der Waals surface area (Å²) in [5, 5.41) is 3.28. The third-order valence-corrected chi connectivity index (χ3v) is 4.54. The molecule has 0 atom stereocenters. The molecule has 0 spiro atoms. The second-order valence-corrected chi connectivity index (χ2v) is 6.14. The summed E-state index contributed by atoms with van der Waals surface area (Å²) >= 11 is 0. The Morgan fingerprint density at radius 2 is 2.00 bits per heavy atom. The number of carbonyl (C=O) groups is 1. The average Bonchev–Trinajstić information content (AvgIpc) is 2.54. The van der Waals surface area contributed by atoms with Crippen LogP contribution < -0.4 is 10.1 Å². The fraction of sp³-hybridized carbons (Fsp3) is 0.611. The van der Waals surface area contributed by atoms with Crippen LogP contribution in [0.3, 0.4) is 0 Å². The van der Waals surface area contributed by atoms with Gasteiger partial charge in [-0.2, -0.15) is 0 Å². The number of amides is 1. The minimum Gasteiger partial charge on any atom is -0.494 e. The van der Waals surface area contributed by atoms with E-state index < -0.39 is 0 Å². The van der Waals surface area contributed by atoms with Gasteiger partial charge in [0.25, 0.3) is 0 Å². The highest BCUT2D eigenvalue weighted by molar-refractivity contribution is 5.76. The summed E-state index contributed by atoms with van der Waals surface area (Å²) in [6.07, 6.45) is 3.47. The van der Waals surface area contributed by atoms with Gasteiger partial charge in [-0.1, -0.05) is 6.07 Å². The summed E-state index contributed by atoms with van der Waals surface area (Å²) < 4.78 is 5.73. The number of likely N-dealkylation sites (tertiary alicyclic amines) is 1. The maximum atomic E-state index is 12.2. The zero-order valence-electron chi connectivity index (χ0n) is 14.0. The first kappa shape index (κ1) is 16.8. The number of hydrogen-bond donors (Lipinski definition) is 1. The van der Waals surface area contributed by atoms with Crippen LogP contribution in [-0.4, -0.2) is 43.6 Å². The molecule has 0 radical (unpaired) electrons. The Balaban J connectivity index is 1.66. The van der Waals surface area contributed by atoms with Crippen LogP contribution in [0.2, 0.25) is 0 Å². The number of benzene rings is 1. The molecule has 4 nitrogen and oxygen atoms in total. The average molecular weight is 304 g/mol. The molecule has 4 heteroatoms. The normalized spacial score (nSPS) is 15.9. The van der Waals surface area contributed by atoms with Gasteiger partial charge < -0.3 is 15.0 Å². The number of nitrogens with one attached hydrogen (secondary N) is 1. The molecule has 0 saturated carbocycles. The van der Waals surface area contributed by atoms with Crippen LogP contribution in [0.25, 0.3) is 0 Å². The minimum absolute atomic E-state index is 0.262. The summed E-state index contributed by atoms with van der Waals surface area (Å²) in [5.74, 6) is 1.16. The highest BCUT2D eigenvalue weighted by Crippen LogP contribution is 2.17. The second-order valence-electron chi connectivity index (χ2n) is 6.14. The Hall–Kier alpha value is -1.55. The zero-order chi connectivity index (χ0) is 15.9. The fourth-order valence-electron chi connectivity index (χ4n) is 2.79. The number of rotatable bonds is 6. The molecule has 1 N–H and O–H groups in total. The number of carbonyl (C=O) groups excluding carboxylic acids is 1. The third-order valence-electron chi connectivity index (χ3n) is 4.54. The van der Waals surface area contributed by atoms with Crippen LogP contribution in [0, 0.1) is 13.8 Å². The van der Waals surface area contributed by atoms with Gasteiger partial charge in [-0.25, -0.2) is 0 Å². The smallest absolute Gasteiger partial charge is 0.222 e. The van der Waals surface area contributed by atoms with Gasteiger partial charge in [-0.05, 0) is 63.4 Å². The summed E-state index contributed by atoms with van der Waals surface area (Å²) in [7, 11) is 1.99. The van der Waals surface area contributed by atoms with Crippen LogP contribution in [0.4, 0.5) is 0 Å². The standard InChI is InChI=1S/C18H28N2O2/c1-14-6-7-17(13-15(14)2)22-12-4-5-18(21)20-10-8-16(19-3)9-11-20/h6-7,13,16,19H,4-5,8-12H2,1-3H3. The quantitative estimate of drug-likeness (QED) is 0.822. The van der Waals surface area contributed by atoms with Crippen LogP contribution in [0.15, 0.2) is 18.2 Å². The van der Waals surface area contributed by atoms with Gasteiger partial charge in [0.2, 0.25) is 5.91 Å². The van der Waals surface area contributed by atoms with Crippen molar-refractivity contribution in [3.8, 4) is 5.75 Å². The Morgan fingerprint density at radius 3 is 2.64 bits per heavy atom. The number of aryl methyl sites for hydroxylation is 2. The maximum absolute atomic E-state index is 12.2. The van der Waals surface area contributed by atoms with Gasteiger partial charge in [0.15, 0.2) is 0 Å². The predicted molar refractivity (Wildman–Crippen MR) is 89.3 cm³/mol. The fourth-order valence-corrected chi connectivity index (χ4v) is 2.79. The van der Waals surface area contributed by atoms with Gasteiger partial charge in [0, 0.05) is 25.6 Å². The van der Waals surface area contributed by atoms with E-state index in [9.17, 15) is 4.79 Å². The van der Waals surface area contributed by atoms with E-state index in [1.807, 2.05) is 18.0 Å². The molecule has 0 unspecified atom stereocenters. The lowest BCUT2D eigenvalue weighted by molar-refractivity contribution is -0.132. The van der Waals surface area contributed by atoms with E-state index in [1.165, 1.54) is 11.1 Å². The molecule has 1 saturated heterocycles. The molecule has 0 aliphatic carbocycles. The van der Waals surface area contributed by atoms with Crippen molar-refractivity contribution in [1.82, 2.24) is 10.2 Å². The lowest BCUT2D eigenvalue weighted by Crippen LogP contribution is -2.43. The van der Waals surface area contributed by atoms with E-state index in [2.05, 4.69) is 31.3 Å². The molecule has 1 aromatic rings. The molecule has 2 rings (SSSR count). The first-order chi connectivity index (χ1) is 10.6. The van der Waals surface area contributed by atoms with E-state index >= 15 is 0 Å². The molecule has 0 aromatic heterocycles. The molecule has 1 aliphatic rings. The minimum atomic E-state index is 0.262. The number of hydrogen-bond acceptors (Lipinski definition) is 3. The zero-order valence-corrected chi connectivity index (χ0v) is 14.0. The van der Waals surface area contributed by atoms with Gasteiger partial charge in [-0.15, -0.1) is 0 Å². The van der Waals surface area contributed by atoms with Crippen molar-refractivity contribution in [2.75, 3.05) is 26.7 Å². The first-order valence-corrected chi connectivity index (χ1v) is 8.25. The van der Waals surface area contributed by atoms with Crippen molar-refractivity contribution in [3.05, 3.63) is 29.3 Å².